The van der Waals surface area contributed by atoms with Gasteiger partial charge in [0.25, 0.3) is 5.91 Å². The Bertz CT molecular complexity index is 1140. The number of carbonyl (C=O) groups is 1. The summed E-state index contributed by atoms with van der Waals surface area (Å²) in [7, 11) is -4.19. The van der Waals surface area contributed by atoms with E-state index in [2.05, 4.69) is 0 Å². The molecule has 0 bridgehead atoms. The number of ether oxygens (including phenoxy) is 1. The third-order valence-corrected chi connectivity index (χ3v) is 7.04. The van der Waals surface area contributed by atoms with Gasteiger partial charge in [-0.05, 0) is 42.5 Å². The number of benzene rings is 2. The Labute approximate surface area is 187 Å². The maximum atomic E-state index is 13.1. The lowest BCUT2D eigenvalue weighted by Gasteiger charge is -2.34. The van der Waals surface area contributed by atoms with Gasteiger partial charge >= 0.3 is 6.18 Å². The van der Waals surface area contributed by atoms with Crippen molar-refractivity contribution in [3.05, 3.63) is 58.6 Å². The summed E-state index contributed by atoms with van der Waals surface area (Å²) in [6.45, 7) is -0.294. The molecule has 1 amide bonds. The lowest BCUT2D eigenvalue weighted by atomic mass is 10.2. The van der Waals surface area contributed by atoms with Crippen LogP contribution < -0.4 is 4.74 Å². The van der Waals surface area contributed by atoms with Crippen molar-refractivity contribution in [2.45, 2.75) is 11.1 Å². The predicted molar refractivity (Wildman–Crippen MR) is 108 cm³/mol. The molecule has 0 unspecified atom stereocenters. The van der Waals surface area contributed by atoms with Gasteiger partial charge < -0.3 is 9.64 Å². The van der Waals surface area contributed by atoms with E-state index >= 15 is 0 Å². The van der Waals surface area contributed by atoms with Crippen LogP contribution in [0.5, 0.6) is 5.75 Å². The molecule has 1 saturated heterocycles. The lowest BCUT2D eigenvalue weighted by molar-refractivity contribution is -0.137. The van der Waals surface area contributed by atoms with E-state index < -0.39 is 31.7 Å². The van der Waals surface area contributed by atoms with Crippen LogP contribution in [0.3, 0.4) is 0 Å². The summed E-state index contributed by atoms with van der Waals surface area (Å²) >= 11 is 5.56. The summed E-state index contributed by atoms with van der Waals surface area (Å²) in [6.07, 6.45) is -4.79. The van der Waals surface area contributed by atoms with Crippen molar-refractivity contribution in [3.63, 3.8) is 0 Å². The Hall–Kier alpha value is -2.81. The smallest absolute Gasteiger partial charge is 0.417 e. The summed E-state index contributed by atoms with van der Waals surface area (Å²) < 4.78 is 71.2. The second-order valence-corrected chi connectivity index (χ2v) is 9.19. The molecule has 2 aromatic carbocycles. The zero-order chi connectivity index (χ0) is 23.5. The molecule has 0 aliphatic carbocycles. The van der Waals surface area contributed by atoms with E-state index in [1.54, 1.807) is 24.3 Å². The second kappa shape index (κ2) is 9.36. The van der Waals surface area contributed by atoms with Crippen LogP contribution in [0.4, 0.5) is 13.2 Å². The number of nitrogens with zero attached hydrogens (tertiary/aromatic N) is 3. The van der Waals surface area contributed by atoms with E-state index in [-0.39, 0.29) is 38.7 Å². The molecule has 0 atom stereocenters. The lowest BCUT2D eigenvalue weighted by Crippen LogP contribution is -2.51. The number of hydrogen-bond donors (Lipinski definition) is 0. The number of halogens is 4. The third kappa shape index (κ3) is 5.32. The molecule has 1 fully saturated rings. The van der Waals surface area contributed by atoms with Gasteiger partial charge in [-0.15, -0.1) is 0 Å². The number of amides is 1. The van der Waals surface area contributed by atoms with Gasteiger partial charge in [0, 0.05) is 26.2 Å². The van der Waals surface area contributed by atoms with Gasteiger partial charge in [-0.25, -0.2) is 8.42 Å². The average molecular weight is 488 g/mol. The summed E-state index contributed by atoms with van der Waals surface area (Å²) in [5.74, 6) is 0.0408. The van der Waals surface area contributed by atoms with E-state index in [1.807, 2.05) is 6.07 Å². The largest absolute Gasteiger partial charge is 0.484 e. The maximum absolute atomic E-state index is 13.1. The van der Waals surface area contributed by atoms with Crippen molar-refractivity contribution in [1.29, 1.82) is 5.26 Å². The molecule has 1 aliphatic heterocycles. The fourth-order valence-corrected chi connectivity index (χ4v) is 4.74. The van der Waals surface area contributed by atoms with Crippen molar-refractivity contribution < 1.29 is 31.1 Å². The SMILES string of the molecule is N#Cc1ccc(OCC(=O)N2CCN(S(=O)(=O)c3ccc(Cl)c(C(F)(F)F)c3)CC2)cc1. The molecule has 7 nitrogen and oxygen atoms in total. The van der Waals surface area contributed by atoms with E-state index in [9.17, 15) is 26.4 Å². The predicted octanol–water partition coefficient (Wildman–Crippen LogP) is 3.14. The fraction of sp³-hybridized carbons (Fsp3) is 0.300. The van der Waals surface area contributed by atoms with Crippen molar-refractivity contribution in [3.8, 4) is 11.8 Å². The van der Waals surface area contributed by atoms with Gasteiger partial charge in [0.1, 0.15) is 5.75 Å². The number of alkyl halides is 3. The first-order valence-corrected chi connectivity index (χ1v) is 11.1. The molecule has 0 saturated carbocycles. The molecule has 170 valence electrons. The van der Waals surface area contributed by atoms with Crippen LogP contribution in [0.1, 0.15) is 11.1 Å². The van der Waals surface area contributed by atoms with Crippen LogP contribution in [-0.2, 0) is 21.0 Å². The summed E-state index contributed by atoms with van der Waals surface area (Å²) in [5, 5.41) is 8.19. The summed E-state index contributed by atoms with van der Waals surface area (Å²) in [6, 6.07) is 10.6. The first-order valence-electron chi connectivity index (χ1n) is 9.30. The van der Waals surface area contributed by atoms with Gasteiger partial charge in [0.15, 0.2) is 6.61 Å². The van der Waals surface area contributed by atoms with Crippen LogP contribution in [0.2, 0.25) is 5.02 Å². The molecule has 0 aromatic heterocycles. The highest BCUT2D eigenvalue weighted by molar-refractivity contribution is 7.89. The zero-order valence-electron chi connectivity index (χ0n) is 16.5. The highest BCUT2D eigenvalue weighted by Gasteiger charge is 2.36. The number of carbonyl (C=O) groups excluding carboxylic acids is 1. The Kier molecular flexibility index (Phi) is 6.97. The van der Waals surface area contributed by atoms with Crippen LogP contribution in [0.15, 0.2) is 47.4 Å². The van der Waals surface area contributed by atoms with Crippen LogP contribution in [0, 0.1) is 11.3 Å². The molecule has 0 radical (unpaired) electrons. The average Bonchev–Trinajstić information content (AvgIpc) is 2.77. The van der Waals surface area contributed by atoms with Gasteiger partial charge in [-0.1, -0.05) is 11.6 Å². The first kappa shape index (κ1) is 23.8. The second-order valence-electron chi connectivity index (χ2n) is 6.85. The van der Waals surface area contributed by atoms with Gasteiger partial charge in [-0.2, -0.15) is 22.7 Å². The van der Waals surface area contributed by atoms with E-state index in [1.165, 1.54) is 4.90 Å². The Morgan fingerprint density at radius 1 is 1.09 bits per heavy atom. The molecular formula is C20H17ClF3N3O4S. The minimum Gasteiger partial charge on any atom is -0.484 e. The third-order valence-electron chi connectivity index (χ3n) is 4.82. The molecule has 0 N–H and O–H groups in total. The number of sulfonamides is 1. The van der Waals surface area contributed by atoms with E-state index in [0.717, 1.165) is 16.4 Å². The van der Waals surface area contributed by atoms with Crippen LogP contribution in [-0.4, -0.2) is 56.3 Å². The van der Waals surface area contributed by atoms with Crippen LogP contribution >= 0.6 is 11.6 Å². The normalized spacial score (nSPS) is 15.3. The molecule has 1 aliphatic rings. The van der Waals surface area contributed by atoms with Gasteiger partial charge in [0.05, 0.1) is 27.1 Å². The van der Waals surface area contributed by atoms with Crippen molar-refractivity contribution in [2.75, 3.05) is 32.8 Å². The number of hydrogen-bond acceptors (Lipinski definition) is 5. The van der Waals surface area contributed by atoms with E-state index in [0.29, 0.717) is 17.4 Å². The molecule has 12 heteroatoms. The first-order chi connectivity index (χ1) is 15.0. The number of piperazine rings is 1. The topological polar surface area (TPSA) is 90.7 Å². The van der Waals surface area contributed by atoms with Gasteiger partial charge in [-0.3, -0.25) is 4.79 Å². The molecule has 2 aromatic rings. The Morgan fingerprint density at radius 2 is 1.72 bits per heavy atom. The molecular weight excluding hydrogens is 471 g/mol. The Morgan fingerprint density at radius 3 is 2.28 bits per heavy atom. The number of rotatable bonds is 5. The zero-order valence-corrected chi connectivity index (χ0v) is 18.0. The van der Waals surface area contributed by atoms with E-state index in [4.69, 9.17) is 21.6 Å². The minimum atomic E-state index is -4.79. The van der Waals surface area contributed by atoms with Gasteiger partial charge in [0.2, 0.25) is 10.0 Å². The van der Waals surface area contributed by atoms with Crippen molar-refractivity contribution in [2.24, 2.45) is 0 Å². The van der Waals surface area contributed by atoms with Crippen molar-refractivity contribution >= 4 is 27.5 Å². The number of nitriles is 1. The highest BCUT2D eigenvalue weighted by atomic mass is 35.5. The maximum Gasteiger partial charge on any atom is 0.417 e. The summed E-state index contributed by atoms with van der Waals surface area (Å²) in [5.41, 5.74) is -0.780. The molecule has 0 spiro atoms. The monoisotopic (exact) mass is 487 g/mol. The van der Waals surface area contributed by atoms with Crippen molar-refractivity contribution in [1.82, 2.24) is 9.21 Å². The quantitative estimate of drug-likeness (QED) is 0.646. The highest BCUT2D eigenvalue weighted by Crippen LogP contribution is 2.36. The minimum absolute atomic E-state index is 0.0640. The van der Waals surface area contributed by atoms with Crippen LogP contribution in [0.25, 0.3) is 0 Å². The fourth-order valence-electron chi connectivity index (χ4n) is 3.07. The molecule has 1 heterocycles. The summed E-state index contributed by atoms with van der Waals surface area (Å²) in [4.78, 5) is 13.3. The standard InChI is InChI=1S/C20H17ClF3N3O4S/c21-18-6-5-16(11-17(18)20(22,23)24)32(29,30)27-9-7-26(8-10-27)19(28)13-31-15-3-1-14(12-25)2-4-15/h1-6,11H,7-10,13H2. The Balaban J connectivity index is 1.61. The molecule has 3 rings (SSSR count). The molecule has 32 heavy (non-hydrogen) atoms.